The molecule has 1 aromatic heterocycles. The molecule has 3 rings (SSSR count). The van der Waals surface area contributed by atoms with Crippen molar-refractivity contribution >= 4 is 23.4 Å². The number of carbonyl (C=O) groups excluding carboxylic acids is 3. The Balaban J connectivity index is 2.34. The number of nitrogen functional groups attached to an aromatic ring is 1. The van der Waals surface area contributed by atoms with Crippen LogP contribution in [0.4, 0.5) is 5.82 Å². The molecule has 0 fully saturated rings. The second-order valence-electron chi connectivity index (χ2n) is 5.07. The molecule has 7 nitrogen and oxygen atoms in total. The molecular weight excluding hydrogens is 298 g/mol. The fraction of sp³-hybridized carbons (Fsp3) is 0.125. The van der Waals surface area contributed by atoms with Crippen LogP contribution in [-0.2, 0) is 0 Å². The Kier molecular flexibility index (Phi) is 3.33. The number of hydrogen-bond acceptors (Lipinski definition) is 5. The van der Waals surface area contributed by atoms with E-state index in [1.807, 2.05) is 0 Å². The number of rotatable bonds is 3. The highest BCUT2D eigenvalue weighted by Gasteiger charge is 2.32. The SMILES string of the molecule is CCC(=O)c1ccccc1-n1c(N)c2c(cc1=O)C(=O)NC2=O. The smallest absolute Gasteiger partial charge is 0.262 e. The molecule has 23 heavy (non-hydrogen) atoms. The zero-order valence-corrected chi connectivity index (χ0v) is 12.3. The van der Waals surface area contributed by atoms with Crippen molar-refractivity contribution in [2.45, 2.75) is 13.3 Å². The van der Waals surface area contributed by atoms with Gasteiger partial charge in [0.15, 0.2) is 5.78 Å². The Labute approximate surface area is 130 Å². The molecule has 2 amide bonds. The van der Waals surface area contributed by atoms with E-state index in [2.05, 4.69) is 5.32 Å². The molecule has 3 N–H and O–H groups in total. The molecule has 0 unspecified atom stereocenters. The summed E-state index contributed by atoms with van der Waals surface area (Å²) in [6.07, 6.45) is 0.260. The third kappa shape index (κ3) is 2.13. The van der Waals surface area contributed by atoms with Crippen molar-refractivity contribution in [2.75, 3.05) is 5.73 Å². The zero-order valence-electron chi connectivity index (χ0n) is 12.3. The summed E-state index contributed by atoms with van der Waals surface area (Å²) in [5, 5.41) is 2.10. The monoisotopic (exact) mass is 311 g/mol. The lowest BCUT2D eigenvalue weighted by molar-refractivity contribution is 0.0878. The minimum atomic E-state index is -0.657. The number of ketones is 1. The quantitative estimate of drug-likeness (QED) is 0.646. The van der Waals surface area contributed by atoms with Gasteiger partial charge in [0.05, 0.1) is 16.8 Å². The summed E-state index contributed by atoms with van der Waals surface area (Å²) in [6, 6.07) is 7.55. The summed E-state index contributed by atoms with van der Waals surface area (Å²) in [5.41, 5.74) is 5.91. The normalized spacial score (nSPS) is 12.9. The number of amides is 2. The highest BCUT2D eigenvalue weighted by Crippen LogP contribution is 2.24. The van der Waals surface area contributed by atoms with Gasteiger partial charge < -0.3 is 5.73 Å². The van der Waals surface area contributed by atoms with Crippen LogP contribution < -0.4 is 16.6 Å². The number of hydrogen-bond donors (Lipinski definition) is 2. The standard InChI is InChI=1S/C16H13N3O4/c1-2-11(20)8-5-3-4-6-10(8)19-12(21)7-9-13(14(19)17)16(23)18-15(9)22/h3-7H,2,17H2,1H3,(H,18,22,23). The summed E-state index contributed by atoms with van der Waals surface area (Å²) in [6.45, 7) is 1.71. The van der Waals surface area contributed by atoms with Gasteiger partial charge in [0.25, 0.3) is 17.4 Å². The molecule has 7 heteroatoms. The lowest BCUT2D eigenvalue weighted by Crippen LogP contribution is -2.25. The van der Waals surface area contributed by atoms with E-state index in [4.69, 9.17) is 5.73 Å². The first-order valence-electron chi connectivity index (χ1n) is 6.99. The first-order chi connectivity index (χ1) is 11.0. The second-order valence-corrected chi connectivity index (χ2v) is 5.07. The highest BCUT2D eigenvalue weighted by atomic mass is 16.2. The molecular formula is C16H13N3O4. The average molecular weight is 311 g/mol. The van der Waals surface area contributed by atoms with Crippen LogP contribution in [0.25, 0.3) is 5.69 Å². The van der Waals surface area contributed by atoms with Crippen LogP contribution in [0.2, 0.25) is 0 Å². The van der Waals surface area contributed by atoms with Crippen LogP contribution in [0.5, 0.6) is 0 Å². The molecule has 0 spiro atoms. The van der Waals surface area contributed by atoms with Crippen LogP contribution >= 0.6 is 0 Å². The number of imide groups is 1. The lowest BCUT2D eigenvalue weighted by Gasteiger charge is -2.14. The second kappa shape index (κ2) is 5.20. The minimum absolute atomic E-state index is 0.0478. The van der Waals surface area contributed by atoms with Crippen molar-refractivity contribution in [3.8, 4) is 5.69 Å². The maximum absolute atomic E-state index is 12.4. The number of pyridine rings is 1. The van der Waals surface area contributed by atoms with Crippen molar-refractivity contribution in [1.82, 2.24) is 9.88 Å². The minimum Gasteiger partial charge on any atom is -0.384 e. The maximum Gasteiger partial charge on any atom is 0.262 e. The van der Waals surface area contributed by atoms with Gasteiger partial charge in [-0.15, -0.1) is 0 Å². The number of nitrogens with two attached hydrogens (primary N) is 1. The van der Waals surface area contributed by atoms with Gasteiger partial charge in [-0.3, -0.25) is 29.1 Å². The summed E-state index contributed by atoms with van der Waals surface area (Å²) in [7, 11) is 0. The summed E-state index contributed by atoms with van der Waals surface area (Å²) in [4.78, 5) is 48.0. The number of nitrogens with zero attached hydrogens (tertiary/aromatic N) is 1. The van der Waals surface area contributed by atoms with E-state index in [9.17, 15) is 19.2 Å². The summed E-state index contributed by atoms with van der Waals surface area (Å²) >= 11 is 0. The highest BCUT2D eigenvalue weighted by molar-refractivity contribution is 6.23. The average Bonchev–Trinajstić information content (AvgIpc) is 2.81. The fourth-order valence-corrected chi connectivity index (χ4v) is 2.62. The number of anilines is 1. The maximum atomic E-state index is 12.4. The lowest BCUT2D eigenvalue weighted by atomic mass is 10.1. The molecule has 0 saturated carbocycles. The molecule has 0 saturated heterocycles. The number of aromatic nitrogens is 1. The van der Waals surface area contributed by atoms with Crippen LogP contribution in [0.3, 0.4) is 0 Å². The van der Waals surface area contributed by atoms with Gasteiger partial charge >= 0.3 is 0 Å². The number of nitrogens with one attached hydrogen (secondary N) is 1. The first-order valence-corrected chi connectivity index (χ1v) is 6.99. The van der Waals surface area contributed by atoms with E-state index >= 15 is 0 Å². The van der Waals surface area contributed by atoms with Gasteiger partial charge in [0, 0.05) is 18.1 Å². The Morgan fingerprint density at radius 3 is 2.57 bits per heavy atom. The molecule has 0 aliphatic carbocycles. The number of Topliss-reactive ketones (excluding diaryl/α,β-unsaturated/α-hetero) is 1. The number of carbonyl (C=O) groups is 3. The van der Waals surface area contributed by atoms with Gasteiger partial charge in [0.2, 0.25) is 0 Å². The summed E-state index contributed by atoms with van der Waals surface area (Å²) in [5.74, 6) is -1.63. The molecule has 116 valence electrons. The third-order valence-electron chi connectivity index (χ3n) is 3.72. The van der Waals surface area contributed by atoms with Gasteiger partial charge in [0.1, 0.15) is 5.82 Å². The van der Waals surface area contributed by atoms with Gasteiger partial charge in [-0.05, 0) is 12.1 Å². The van der Waals surface area contributed by atoms with Crippen molar-refractivity contribution in [2.24, 2.45) is 0 Å². The van der Waals surface area contributed by atoms with Crippen molar-refractivity contribution in [3.05, 3.63) is 57.4 Å². The molecule has 1 aliphatic heterocycles. The van der Waals surface area contributed by atoms with Gasteiger partial charge in [-0.2, -0.15) is 0 Å². The third-order valence-corrected chi connectivity index (χ3v) is 3.72. The molecule has 2 aromatic rings. The molecule has 1 aromatic carbocycles. The van der Waals surface area contributed by atoms with Crippen LogP contribution in [0.1, 0.15) is 44.4 Å². The van der Waals surface area contributed by atoms with Gasteiger partial charge in [-0.25, -0.2) is 0 Å². The number of fused-ring (bicyclic) bond motifs is 1. The molecule has 0 bridgehead atoms. The van der Waals surface area contributed by atoms with E-state index in [-0.39, 0.29) is 34.8 Å². The Morgan fingerprint density at radius 1 is 1.17 bits per heavy atom. The van der Waals surface area contributed by atoms with E-state index < -0.39 is 17.4 Å². The Morgan fingerprint density at radius 2 is 1.87 bits per heavy atom. The van der Waals surface area contributed by atoms with Gasteiger partial charge in [-0.1, -0.05) is 19.1 Å². The Hall–Kier alpha value is -3.22. The fourth-order valence-electron chi connectivity index (χ4n) is 2.62. The van der Waals surface area contributed by atoms with E-state index in [0.717, 1.165) is 10.6 Å². The summed E-state index contributed by atoms with van der Waals surface area (Å²) < 4.78 is 1.08. The molecule has 1 aliphatic rings. The van der Waals surface area contributed by atoms with Crippen LogP contribution in [0, 0.1) is 0 Å². The molecule has 0 atom stereocenters. The molecule has 0 radical (unpaired) electrons. The van der Waals surface area contributed by atoms with E-state index in [1.54, 1.807) is 31.2 Å². The topological polar surface area (TPSA) is 111 Å². The van der Waals surface area contributed by atoms with Crippen LogP contribution in [0.15, 0.2) is 35.1 Å². The van der Waals surface area contributed by atoms with Crippen molar-refractivity contribution < 1.29 is 14.4 Å². The van der Waals surface area contributed by atoms with Crippen LogP contribution in [-0.4, -0.2) is 22.2 Å². The zero-order chi connectivity index (χ0) is 16.7. The number of para-hydroxylation sites is 1. The first kappa shape index (κ1) is 14.7. The Bertz CT molecular complexity index is 927. The predicted octanol–water partition coefficient (Wildman–Crippen LogP) is 0.896. The van der Waals surface area contributed by atoms with Crippen molar-refractivity contribution in [1.29, 1.82) is 0 Å². The molecule has 2 heterocycles. The predicted molar refractivity (Wildman–Crippen MR) is 82.9 cm³/mol. The van der Waals surface area contributed by atoms with E-state index in [0.29, 0.717) is 5.56 Å². The van der Waals surface area contributed by atoms with Crippen molar-refractivity contribution in [3.63, 3.8) is 0 Å². The number of benzene rings is 1. The van der Waals surface area contributed by atoms with E-state index in [1.165, 1.54) is 0 Å². The largest absolute Gasteiger partial charge is 0.384 e.